The second-order valence-corrected chi connectivity index (χ2v) is 7.29. The zero-order chi connectivity index (χ0) is 21.5. The Bertz CT molecular complexity index is 855. The maximum Gasteiger partial charge on any atom is 0.387 e. The second-order valence-electron chi connectivity index (χ2n) is 7.29. The lowest BCUT2D eigenvalue weighted by Crippen LogP contribution is -2.48. The van der Waals surface area contributed by atoms with E-state index in [1.54, 1.807) is 25.3 Å². The Morgan fingerprint density at radius 2 is 1.77 bits per heavy atom. The van der Waals surface area contributed by atoms with Gasteiger partial charge in [-0.1, -0.05) is 29.8 Å². The molecule has 8 heteroatoms. The number of halogens is 2. The van der Waals surface area contributed by atoms with E-state index in [1.165, 1.54) is 11.6 Å². The third-order valence-corrected chi connectivity index (χ3v) is 5.04. The number of nitrogens with zero attached hydrogens (tertiary/aromatic N) is 2. The van der Waals surface area contributed by atoms with E-state index in [-0.39, 0.29) is 23.9 Å². The van der Waals surface area contributed by atoms with Crippen LogP contribution in [0.2, 0.25) is 0 Å². The monoisotopic (exact) mass is 419 g/mol. The first-order chi connectivity index (χ1) is 14.4. The Hall–Kier alpha value is -2.71. The second kappa shape index (κ2) is 10.4. The van der Waals surface area contributed by atoms with Gasteiger partial charge in [0.1, 0.15) is 11.5 Å². The highest BCUT2D eigenvalue weighted by Gasteiger charge is 2.21. The number of nitrogens with one attached hydrogen (secondary N) is 1. The normalized spacial score (nSPS) is 15.2. The van der Waals surface area contributed by atoms with Gasteiger partial charge in [0, 0.05) is 38.3 Å². The molecule has 1 heterocycles. The van der Waals surface area contributed by atoms with E-state index in [9.17, 15) is 13.6 Å². The summed E-state index contributed by atoms with van der Waals surface area (Å²) in [5.74, 6) is 0.582. The number of ether oxygens (including phenoxy) is 2. The van der Waals surface area contributed by atoms with Gasteiger partial charge < -0.3 is 14.8 Å². The Balaban J connectivity index is 1.49. The van der Waals surface area contributed by atoms with Crippen LogP contribution in [0.15, 0.2) is 42.5 Å². The summed E-state index contributed by atoms with van der Waals surface area (Å²) in [5.41, 5.74) is 2.59. The van der Waals surface area contributed by atoms with Crippen molar-refractivity contribution in [2.75, 3.05) is 45.2 Å². The lowest BCUT2D eigenvalue weighted by molar-refractivity contribution is -0.117. The zero-order valence-corrected chi connectivity index (χ0v) is 17.2. The molecule has 2 aromatic rings. The number of amides is 1. The largest absolute Gasteiger partial charge is 0.496 e. The minimum absolute atomic E-state index is 0.0437. The van der Waals surface area contributed by atoms with Crippen molar-refractivity contribution >= 4 is 11.6 Å². The van der Waals surface area contributed by atoms with E-state index < -0.39 is 6.61 Å². The first-order valence-corrected chi connectivity index (χ1v) is 9.86. The van der Waals surface area contributed by atoms with Crippen LogP contribution in [-0.2, 0) is 11.3 Å². The Kier molecular flexibility index (Phi) is 7.59. The van der Waals surface area contributed by atoms with Gasteiger partial charge in [-0.15, -0.1) is 0 Å². The summed E-state index contributed by atoms with van der Waals surface area (Å²) in [6.07, 6.45) is 0. The van der Waals surface area contributed by atoms with E-state index in [2.05, 4.69) is 32.8 Å². The van der Waals surface area contributed by atoms with Crippen LogP contribution in [0.4, 0.5) is 14.5 Å². The molecule has 1 saturated heterocycles. The van der Waals surface area contributed by atoms with E-state index in [0.29, 0.717) is 0 Å². The fraction of sp³-hybridized carbons (Fsp3) is 0.409. The third-order valence-electron chi connectivity index (χ3n) is 5.04. The topological polar surface area (TPSA) is 54.0 Å². The molecule has 0 spiro atoms. The number of methoxy groups -OCH3 is 1. The number of carbonyl (C=O) groups excluding carboxylic acids is 1. The molecule has 0 saturated carbocycles. The van der Waals surface area contributed by atoms with E-state index >= 15 is 0 Å². The van der Waals surface area contributed by atoms with Gasteiger partial charge in [0.25, 0.3) is 0 Å². The molecule has 30 heavy (non-hydrogen) atoms. The number of hydrogen-bond acceptors (Lipinski definition) is 5. The fourth-order valence-corrected chi connectivity index (χ4v) is 3.54. The molecule has 6 nitrogen and oxygen atoms in total. The van der Waals surface area contributed by atoms with Gasteiger partial charge in [0.2, 0.25) is 5.91 Å². The highest BCUT2D eigenvalue weighted by molar-refractivity contribution is 5.93. The predicted molar refractivity (Wildman–Crippen MR) is 111 cm³/mol. The summed E-state index contributed by atoms with van der Waals surface area (Å²) in [6, 6.07) is 12.3. The molecule has 0 bridgehead atoms. The van der Waals surface area contributed by atoms with Gasteiger partial charge in [0.15, 0.2) is 0 Å². The molecule has 3 rings (SSSR count). The predicted octanol–water partition coefficient (Wildman–Crippen LogP) is 3.36. The Morgan fingerprint density at radius 1 is 1.07 bits per heavy atom. The standard InChI is InChI=1S/C22H27F2N3O3/c1-16-7-8-19(29-2)17(13-16)14-26-9-11-27(12-10-26)15-21(28)25-18-5-3-4-6-20(18)30-22(23)24/h3-8,13,22H,9-12,14-15H2,1-2H3,(H,25,28). The van der Waals surface area contributed by atoms with Gasteiger partial charge in [-0.2, -0.15) is 8.78 Å². The molecule has 0 aromatic heterocycles. The summed E-state index contributed by atoms with van der Waals surface area (Å²) < 4.78 is 34.9. The fourth-order valence-electron chi connectivity index (χ4n) is 3.54. The zero-order valence-electron chi connectivity index (χ0n) is 17.2. The number of piperazine rings is 1. The van der Waals surface area contributed by atoms with Gasteiger partial charge in [-0.05, 0) is 25.1 Å². The van der Waals surface area contributed by atoms with Crippen molar-refractivity contribution in [1.29, 1.82) is 0 Å². The third kappa shape index (κ3) is 6.14. The summed E-state index contributed by atoms with van der Waals surface area (Å²) in [4.78, 5) is 16.8. The van der Waals surface area contributed by atoms with Crippen molar-refractivity contribution in [3.05, 3.63) is 53.6 Å². The molecule has 162 valence electrons. The van der Waals surface area contributed by atoms with Crippen molar-refractivity contribution < 1.29 is 23.0 Å². The van der Waals surface area contributed by atoms with Crippen LogP contribution in [-0.4, -0.2) is 62.2 Å². The van der Waals surface area contributed by atoms with Crippen molar-refractivity contribution in [1.82, 2.24) is 9.80 Å². The van der Waals surface area contributed by atoms with Gasteiger partial charge in [-0.25, -0.2) is 0 Å². The minimum atomic E-state index is -2.94. The average Bonchev–Trinajstić information content (AvgIpc) is 2.71. The van der Waals surface area contributed by atoms with Crippen LogP contribution in [0.1, 0.15) is 11.1 Å². The molecular formula is C22H27F2N3O3. The van der Waals surface area contributed by atoms with Gasteiger partial charge in [-0.3, -0.25) is 14.6 Å². The number of aryl methyl sites for hydroxylation is 1. The van der Waals surface area contributed by atoms with Crippen molar-refractivity contribution in [2.24, 2.45) is 0 Å². The molecule has 1 amide bonds. The molecule has 2 aromatic carbocycles. The molecule has 0 atom stereocenters. The molecule has 1 N–H and O–H groups in total. The number of rotatable bonds is 8. The number of hydrogen-bond donors (Lipinski definition) is 1. The summed E-state index contributed by atoms with van der Waals surface area (Å²) >= 11 is 0. The van der Waals surface area contributed by atoms with Crippen LogP contribution in [0.5, 0.6) is 11.5 Å². The number of para-hydroxylation sites is 2. The molecule has 1 fully saturated rings. The molecule has 1 aliphatic heterocycles. The Labute approximate surface area is 175 Å². The highest BCUT2D eigenvalue weighted by Crippen LogP contribution is 2.25. The smallest absolute Gasteiger partial charge is 0.387 e. The van der Waals surface area contributed by atoms with Crippen molar-refractivity contribution in [3.63, 3.8) is 0 Å². The summed E-state index contributed by atoms with van der Waals surface area (Å²) in [7, 11) is 1.68. The molecular weight excluding hydrogens is 392 g/mol. The highest BCUT2D eigenvalue weighted by atomic mass is 19.3. The molecule has 0 aliphatic carbocycles. The number of anilines is 1. The van der Waals surface area contributed by atoms with Crippen LogP contribution in [0.3, 0.4) is 0 Å². The SMILES string of the molecule is COc1ccc(C)cc1CN1CCN(CC(=O)Nc2ccccc2OC(F)F)CC1. The maximum absolute atomic E-state index is 12.5. The average molecular weight is 419 g/mol. The summed E-state index contributed by atoms with van der Waals surface area (Å²) in [6.45, 7) is 3.26. The van der Waals surface area contributed by atoms with Crippen LogP contribution in [0.25, 0.3) is 0 Å². The number of benzene rings is 2. The molecule has 1 aliphatic rings. The summed E-state index contributed by atoms with van der Waals surface area (Å²) in [5, 5.41) is 2.67. The molecule has 0 unspecified atom stereocenters. The quantitative estimate of drug-likeness (QED) is 0.711. The maximum atomic E-state index is 12.5. The van der Waals surface area contributed by atoms with Gasteiger partial charge >= 0.3 is 6.61 Å². The lowest BCUT2D eigenvalue weighted by atomic mass is 10.1. The van der Waals surface area contributed by atoms with Crippen LogP contribution < -0.4 is 14.8 Å². The number of carbonyl (C=O) groups is 1. The Morgan fingerprint density at radius 3 is 2.47 bits per heavy atom. The van der Waals surface area contributed by atoms with Crippen molar-refractivity contribution in [3.8, 4) is 11.5 Å². The van der Waals surface area contributed by atoms with Gasteiger partial charge in [0.05, 0.1) is 19.3 Å². The van der Waals surface area contributed by atoms with Crippen molar-refractivity contribution in [2.45, 2.75) is 20.1 Å². The lowest BCUT2D eigenvalue weighted by Gasteiger charge is -2.34. The first kappa shape index (κ1) is 22.0. The van der Waals surface area contributed by atoms with Crippen LogP contribution in [0, 0.1) is 6.92 Å². The van der Waals surface area contributed by atoms with Crippen LogP contribution >= 0.6 is 0 Å². The molecule has 0 radical (unpaired) electrons. The number of alkyl halides is 2. The van der Waals surface area contributed by atoms with E-state index in [0.717, 1.165) is 44.0 Å². The van der Waals surface area contributed by atoms with E-state index in [1.807, 2.05) is 12.1 Å². The minimum Gasteiger partial charge on any atom is -0.496 e. The van der Waals surface area contributed by atoms with E-state index in [4.69, 9.17) is 4.74 Å². The first-order valence-electron chi connectivity index (χ1n) is 9.86.